The van der Waals surface area contributed by atoms with Crippen LogP contribution >= 0.6 is 34.2 Å². The predicted octanol–water partition coefficient (Wildman–Crippen LogP) is 5.67. The number of aryl methyl sites for hydroxylation is 1. The number of aromatic nitrogens is 6. The standard InChI is InChI=1S/C29H27ClIN7O2/c1-2-5-25-33-27(30)26(29(40)32-15-14-18-10-13-24(39)23(31)16-18)38(25)17-19-8-11-20(12-9-19)21-6-3-4-7-22(21)28-34-36-37-35-28/h3-4,6-13,16,39H,2,5,14-15,17H2,1H3,(H,32,40)(H,34,35,36,37)/i31-4. The van der Waals surface area contributed by atoms with Gasteiger partial charge in [0.05, 0.1) is 3.57 Å². The largest absolute Gasteiger partial charge is 0.507 e. The van der Waals surface area contributed by atoms with Gasteiger partial charge in [0.25, 0.3) is 5.91 Å². The first-order chi connectivity index (χ1) is 19.4. The fourth-order valence-corrected chi connectivity index (χ4v) is 5.43. The van der Waals surface area contributed by atoms with E-state index in [2.05, 4.69) is 72.6 Å². The van der Waals surface area contributed by atoms with E-state index in [1.807, 2.05) is 53.1 Å². The molecule has 40 heavy (non-hydrogen) atoms. The average molecular weight is 664 g/mol. The van der Waals surface area contributed by atoms with Crippen LogP contribution in [0.3, 0.4) is 0 Å². The third-order valence-electron chi connectivity index (χ3n) is 6.54. The molecule has 0 saturated heterocycles. The van der Waals surface area contributed by atoms with Crippen LogP contribution in [0.1, 0.15) is 40.8 Å². The van der Waals surface area contributed by atoms with Crippen molar-refractivity contribution in [1.82, 2.24) is 35.5 Å². The smallest absolute Gasteiger partial charge is 0.271 e. The molecule has 0 fully saturated rings. The van der Waals surface area contributed by atoms with E-state index in [4.69, 9.17) is 11.6 Å². The fourth-order valence-electron chi connectivity index (χ4n) is 4.56. The van der Waals surface area contributed by atoms with Crippen molar-refractivity contribution < 1.29 is 9.90 Å². The Morgan fingerprint density at radius 3 is 2.50 bits per heavy atom. The molecule has 0 aliphatic heterocycles. The van der Waals surface area contributed by atoms with Crippen molar-refractivity contribution in [1.29, 1.82) is 0 Å². The van der Waals surface area contributed by atoms with E-state index in [0.717, 1.165) is 43.6 Å². The van der Waals surface area contributed by atoms with Gasteiger partial charge >= 0.3 is 0 Å². The molecule has 0 aliphatic carbocycles. The van der Waals surface area contributed by atoms with E-state index in [1.54, 1.807) is 6.07 Å². The van der Waals surface area contributed by atoms with Crippen LogP contribution in [-0.4, -0.2) is 47.7 Å². The van der Waals surface area contributed by atoms with Crippen LogP contribution in [-0.2, 0) is 19.4 Å². The number of aromatic amines is 1. The summed E-state index contributed by atoms with van der Waals surface area (Å²) in [6, 6.07) is 21.5. The number of tetrazole rings is 1. The van der Waals surface area contributed by atoms with Crippen molar-refractivity contribution in [3.8, 4) is 28.3 Å². The number of carbonyl (C=O) groups excluding carboxylic acids is 1. The molecule has 0 unspecified atom stereocenters. The molecular formula is C29H27ClIN7O2. The van der Waals surface area contributed by atoms with Gasteiger partial charge in [-0.1, -0.05) is 73.1 Å². The molecule has 3 N–H and O–H groups in total. The van der Waals surface area contributed by atoms with Gasteiger partial charge in [0, 0.05) is 25.1 Å². The molecule has 1 amide bonds. The summed E-state index contributed by atoms with van der Waals surface area (Å²) < 4.78 is 2.68. The van der Waals surface area contributed by atoms with Crippen LogP contribution in [0.2, 0.25) is 5.15 Å². The second-order valence-corrected chi connectivity index (χ2v) is 10.8. The molecule has 5 rings (SSSR count). The summed E-state index contributed by atoms with van der Waals surface area (Å²) in [5.41, 5.74) is 5.34. The minimum Gasteiger partial charge on any atom is -0.507 e. The zero-order chi connectivity index (χ0) is 28.1. The van der Waals surface area contributed by atoms with Gasteiger partial charge in [-0.3, -0.25) is 4.79 Å². The number of amides is 1. The Labute approximate surface area is 250 Å². The average Bonchev–Trinajstić information content (AvgIpc) is 3.60. The van der Waals surface area contributed by atoms with Crippen molar-refractivity contribution >= 4 is 40.1 Å². The van der Waals surface area contributed by atoms with E-state index in [1.165, 1.54) is 0 Å². The summed E-state index contributed by atoms with van der Waals surface area (Å²) in [4.78, 5) is 17.8. The molecule has 11 heteroatoms. The molecule has 3 aromatic carbocycles. The number of aromatic hydroxyl groups is 1. The van der Waals surface area contributed by atoms with Crippen LogP contribution in [0.4, 0.5) is 0 Å². The maximum absolute atomic E-state index is 13.3. The topological polar surface area (TPSA) is 122 Å². The Kier molecular flexibility index (Phi) is 8.75. The normalized spacial score (nSPS) is 11.1. The molecule has 204 valence electrons. The second kappa shape index (κ2) is 12.6. The number of hydrogen-bond acceptors (Lipinski definition) is 6. The van der Waals surface area contributed by atoms with Crippen molar-refractivity contribution in [2.45, 2.75) is 32.7 Å². The van der Waals surface area contributed by atoms with Crippen LogP contribution < -0.4 is 5.32 Å². The molecule has 2 aromatic heterocycles. The van der Waals surface area contributed by atoms with E-state index in [0.29, 0.717) is 37.4 Å². The highest BCUT2D eigenvalue weighted by Gasteiger charge is 2.22. The maximum Gasteiger partial charge on any atom is 0.271 e. The first kappa shape index (κ1) is 27.8. The van der Waals surface area contributed by atoms with Gasteiger partial charge in [-0.25, -0.2) is 10.1 Å². The number of H-pyrrole nitrogens is 1. The number of benzene rings is 3. The Morgan fingerprint density at radius 1 is 1.05 bits per heavy atom. The van der Waals surface area contributed by atoms with Gasteiger partial charge in [0.2, 0.25) is 0 Å². The molecule has 0 bridgehead atoms. The van der Waals surface area contributed by atoms with Crippen LogP contribution in [0.25, 0.3) is 22.5 Å². The lowest BCUT2D eigenvalue weighted by Gasteiger charge is -2.13. The predicted molar refractivity (Wildman–Crippen MR) is 162 cm³/mol. The highest BCUT2D eigenvalue weighted by Crippen LogP contribution is 2.30. The van der Waals surface area contributed by atoms with Crippen molar-refractivity contribution in [2.75, 3.05) is 6.54 Å². The maximum atomic E-state index is 13.3. The van der Waals surface area contributed by atoms with Crippen LogP contribution in [0.5, 0.6) is 5.75 Å². The SMILES string of the molecule is CCCc1nc(Cl)c(C(=O)NCCc2ccc(O)c([123I])c2)n1Cc1ccc(-c2ccccc2-c2nnn[nH]2)cc1. The Balaban J connectivity index is 1.35. The van der Waals surface area contributed by atoms with E-state index < -0.39 is 0 Å². The highest BCUT2D eigenvalue weighted by molar-refractivity contribution is 14.1. The molecule has 0 aliphatic rings. The van der Waals surface area contributed by atoms with Crippen molar-refractivity contribution in [3.63, 3.8) is 0 Å². The van der Waals surface area contributed by atoms with Crippen molar-refractivity contribution in [3.05, 3.63) is 98.1 Å². The minimum absolute atomic E-state index is 0.200. The molecule has 2 heterocycles. The summed E-state index contributed by atoms with van der Waals surface area (Å²) >= 11 is 8.60. The third-order valence-corrected chi connectivity index (χ3v) is 7.66. The molecule has 0 radical (unpaired) electrons. The summed E-state index contributed by atoms with van der Waals surface area (Å²) in [5.74, 6) is 1.36. The Morgan fingerprint density at radius 2 is 1.80 bits per heavy atom. The zero-order valence-corrected chi connectivity index (χ0v) is 24.6. The number of carbonyl (C=O) groups is 1. The third kappa shape index (κ3) is 6.18. The van der Waals surface area contributed by atoms with Gasteiger partial charge in [-0.05, 0) is 80.2 Å². The molecule has 0 atom stereocenters. The first-order valence-electron chi connectivity index (χ1n) is 12.9. The van der Waals surface area contributed by atoms with E-state index in [-0.39, 0.29) is 16.8 Å². The summed E-state index contributed by atoms with van der Waals surface area (Å²) in [7, 11) is 0. The van der Waals surface area contributed by atoms with Gasteiger partial charge in [0.1, 0.15) is 17.3 Å². The highest BCUT2D eigenvalue weighted by atomic mass is 123. The molecular weight excluding hydrogens is 637 g/mol. The van der Waals surface area contributed by atoms with Gasteiger partial charge in [-0.2, -0.15) is 0 Å². The minimum atomic E-state index is -0.264. The number of nitrogens with zero attached hydrogens (tertiary/aromatic N) is 5. The lowest BCUT2D eigenvalue weighted by molar-refractivity contribution is 0.0945. The summed E-state index contributed by atoms with van der Waals surface area (Å²) in [5, 5.41) is 27.2. The fraction of sp³-hybridized carbons (Fsp3) is 0.207. The number of hydrogen-bond donors (Lipinski definition) is 3. The van der Waals surface area contributed by atoms with Gasteiger partial charge in [0.15, 0.2) is 11.0 Å². The van der Waals surface area contributed by atoms with Gasteiger partial charge in [-0.15, -0.1) is 5.10 Å². The molecule has 0 spiro atoms. The zero-order valence-electron chi connectivity index (χ0n) is 21.7. The molecule has 0 saturated carbocycles. The Hall–Kier alpha value is -3.77. The number of halogens is 2. The number of phenols is 1. The summed E-state index contributed by atoms with van der Waals surface area (Å²) in [6.07, 6.45) is 2.21. The lowest BCUT2D eigenvalue weighted by atomic mass is 9.98. The van der Waals surface area contributed by atoms with Crippen molar-refractivity contribution in [2.24, 2.45) is 0 Å². The number of nitrogens with one attached hydrogen (secondary N) is 2. The number of phenolic OH excluding ortho intramolecular Hbond substituents is 1. The molecule has 9 nitrogen and oxygen atoms in total. The van der Waals surface area contributed by atoms with Crippen LogP contribution in [0, 0.1) is 3.57 Å². The monoisotopic (exact) mass is 663 g/mol. The van der Waals surface area contributed by atoms with E-state index >= 15 is 0 Å². The first-order valence-corrected chi connectivity index (χ1v) is 14.3. The van der Waals surface area contributed by atoms with Gasteiger partial charge < -0.3 is 15.0 Å². The molecule has 5 aromatic rings. The Bertz CT molecular complexity index is 1620. The number of rotatable bonds is 10. The quantitative estimate of drug-likeness (QED) is 0.166. The van der Waals surface area contributed by atoms with E-state index in [9.17, 15) is 9.90 Å². The number of imidazole rings is 1. The van der Waals surface area contributed by atoms with Crippen LogP contribution in [0.15, 0.2) is 66.7 Å². The second-order valence-electron chi connectivity index (χ2n) is 9.29. The summed E-state index contributed by atoms with van der Waals surface area (Å²) in [6.45, 7) is 2.96. The lowest BCUT2D eigenvalue weighted by Crippen LogP contribution is -2.28.